The predicted octanol–water partition coefficient (Wildman–Crippen LogP) is 4.48. The summed E-state index contributed by atoms with van der Waals surface area (Å²) in [5.41, 5.74) is 1.99. The van der Waals surface area contributed by atoms with Crippen LogP contribution >= 0.6 is 0 Å². The summed E-state index contributed by atoms with van der Waals surface area (Å²) >= 11 is 0. The molecule has 7 heteroatoms. The third-order valence-electron chi connectivity index (χ3n) is 4.41. The zero-order chi connectivity index (χ0) is 18.7. The van der Waals surface area contributed by atoms with Gasteiger partial charge in [0.15, 0.2) is 0 Å². The highest BCUT2D eigenvalue weighted by Gasteiger charge is 2.30. The highest BCUT2D eigenvalue weighted by atomic mass is 19.4. The molecule has 0 spiro atoms. The first-order valence-electron chi connectivity index (χ1n) is 8.16. The first-order chi connectivity index (χ1) is 12.3. The first-order valence-corrected chi connectivity index (χ1v) is 8.16. The monoisotopic (exact) mass is 360 g/mol. The van der Waals surface area contributed by atoms with Crippen LogP contribution in [0.25, 0.3) is 5.69 Å². The maximum Gasteiger partial charge on any atom is 0.416 e. The van der Waals surface area contributed by atoms with Crippen molar-refractivity contribution in [3.05, 3.63) is 77.9 Å². The van der Waals surface area contributed by atoms with Crippen LogP contribution in [0.5, 0.6) is 0 Å². The minimum Gasteiger partial charge on any atom is -0.295 e. The molecule has 4 nitrogen and oxygen atoms in total. The summed E-state index contributed by atoms with van der Waals surface area (Å²) in [5.74, 6) is 0. The minimum atomic E-state index is -4.32. The molecule has 0 aliphatic carbocycles. The summed E-state index contributed by atoms with van der Waals surface area (Å²) in [4.78, 5) is 5.93. The van der Waals surface area contributed by atoms with Gasteiger partial charge in [0.1, 0.15) is 12.7 Å². The van der Waals surface area contributed by atoms with Crippen LogP contribution in [0.2, 0.25) is 0 Å². The Morgan fingerprint density at radius 2 is 1.85 bits per heavy atom. The van der Waals surface area contributed by atoms with Gasteiger partial charge >= 0.3 is 6.18 Å². The van der Waals surface area contributed by atoms with Gasteiger partial charge in [-0.1, -0.05) is 30.3 Å². The molecule has 0 radical (unpaired) electrons. The average molecular weight is 360 g/mol. The number of benzene rings is 2. The van der Waals surface area contributed by atoms with Crippen molar-refractivity contribution in [2.45, 2.75) is 25.7 Å². The van der Waals surface area contributed by atoms with E-state index in [0.29, 0.717) is 12.1 Å². The van der Waals surface area contributed by atoms with Crippen LogP contribution in [0.15, 0.2) is 61.2 Å². The van der Waals surface area contributed by atoms with Gasteiger partial charge in [-0.3, -0.25) is 4.90 Å². The topological polar surface area (TPSA) is 34.0 Å². The third-order valence-corrected chi connectivity index (χ3v) is 4.41. The SMILES string of the molecule is C[C@@H](c1ccc(-n2cncn2)cc1)N(C)Cc1cccc(C(F)(F)F)c1. The van der Waals surface area contributed by atoms with Gasteiger partial charge < -0.3 is 0 Å². The molecular formula is C19H19F3N4. The van der Waals surface area contributed by atoms with Crippen LogP contribution < -0.4 is 0 Å². The Bertz CT molecular complexity index is 842. The lowest BCUT2D eigenvalue weighted by Gasteiger charge is -2.25. The van der Waals surface area contributed by atoms with E-state index in [1.54, 1.807) is 17.1 Å². The molecule has 0 fully saturated rings. The molecule has 3 aromatic rings. The van der Waals surface area contributed by atoms with Crippen LogP contribution in [-0.2, 0) is 12.7 Å². The van der Waals surface area contributed by atoms with E-state index in [1.807, 2.05) is 43.1 Å². The molecule has 2 aromatic carbocycles. The summed E-state index contributed by atoms with van der Waals surface area (Å²) in [5, 5.41) is 4.08. The number of hydrogen-bond donors (Lipinski definition) is 0. The molecule has 1 heterocycles. The molecule has 0 bridgehead atoms. The average Bonchev–Trinajstić information content (AvgIpc) is 3.15. The van der Waals surface area contributed by atoms with Gasteiger partial charge in [-0.25, -0.2) is 9.67 Å². The summed E-state index contributed by atoms with van der Waals surface area (Å²) in [6.07, 6.45) is -1.23. The van der Waals surface area contributed by atoms with Gasteiger partial charge in [0.25, 0.3) is 0 Å². The van der Waals surface area contributed by atoms with Gasteiger partial charge in [-0.05, 0) is 43.3 Å². The van der Waals surface area contributed by atoms with Gasteiger partial charge in [0, 0.05) is 12.6 Å². The van der Waals surface area contributed by atoms with E-state index in [0.717, 1.165) is 17.3 Å². The zero-order valence-corrected chi connectivity index (χ0v) is 14.5. The quantitative estimate of drug-likeness (QED) is 0.673. The van der Waals surface area contributed by atoms with E-state index in [2.05, 4.69) is 10.1 Å². The Morgan fingerprint density at radius 1 is 1.12 bits per heavy atom. The van der Waals surface area contributed by atoms with Gasteiger partial charge in [0.2, 0.25) is 0 Å². The maximum absolute atomic E-state index is 12.9. The van der Waals surface area contributed by atoms with Gasteiger partial charge in [0.05, 0.1) is 11.3 Å². The van der Waals surface area contributed by atoms with Gasteiger partial charge in [-0.2, -0.15) is 18.3 Å². The lowest BCUT2D eigenvalue weighted by atomic mass is 10.1. The van der Waals surface area contributed by atoms with Crippen molar-refractivity contribution in [3.8, 4) is 5.69 Å². The second kappa shape index (κ2) is 7.29. The Labute approximate surface area is 149 Å². The number of rotatable bonds is 5. The molecule has 3 rings (SSSR count). The van der Waals surface area contributed by atoms with Crippen LogP contribution in [0.4, 0.5) is 13.2 Å². The normalized spacial score (nSPS) is 13.2. The lowest BCUT2D eigenvalue weighted by Crippen LogP contribution is -2.22. The number of nitrogens with zero attached hydrogens (tertiary/aromatic N) is 4. The van der Waals surface area contributed by atoms with Crippen molar-refractivity contribution in [1.82, 2.24) is 19.7 Å². The molecule has 0 unspecified atom stereocenters. The Balaban J connectivity index is 1.71. The summed E-state index contributed by atoms with van der Waals surface area (Å²) in [6, 6.07) is 13.4. The molecule has 0 amide bonds. The fraction of sp³-hybridized carbons (Fsp3) is 0.263. The standard InChI is InChI=1S/C19H19F3N4/c1-14(16-6-8-18(9-7-16)26-13-23-12-24-26)25(2)11-15-4-3-5-17(10-15)19(20,21)22/h3-10,12-14H,11H2,1-2H3/t14-/m0/s1. The fourth-order valence-electron chi connectivity index (χ4n) is 2.77. The van der Waals surface area contributed by atoms with Crippen LogP contribution in [0.1, 0.15) is 29.7 Å². The second-order valence-corrected chi connectivity index (χ2v) is 6.22. The van der Waals surface area contributed by atoms with Crippen molar-refractivity contribution in [2.24, 2.45) is 0 Å². The summed E-state index contributed by atoms with van der Waals surface area (Å²) in [7, 11) is 1.90. The fourth-order valence-corrected chi connectivity index (χ4v) is 2.77. The second-order valence-electron chi connectivity index (χ2n) is 6.22. The van der Waals surface area contributed by atoms with Crippen molar-refractivity contribution >= 4 is 0 Å². The third kappa shape index (κ3) is 4.11. The van der Waals surface area contributed by atoms with Crippen LogP contribution in [-0.4, -0.2) is 26.7 Å². The Morgan fingerprint density at radius 3 is 2.46 bits per heavy atom. The van der Waals surface area contributed by atoms with Crippen molar-refractivity contribution < 1.29 is 13.2 Å². The van der Waals surface area contributed by atoms with Crippen molar-refractivity contribution in [3.63, 3.8) is 0 Å². The molecule has 1 aromatic heterocycles. The van der Waals surface area contributed by atoms with E-state index >= 15 is 0 Å². The molecule has 0 N–H and O–H groups in total. The number of alkyl halides is 3. The molecule has 26 heavy (non-hydrogen) atoms. The highest BCUT2D eigenvalue weighted by Crippen LogP contribution is 2.30. The molecule has 0 saturated carbocycles. The van der Waals surface area contributed by atoms with E-state index in [1.165, 1.54) is 18.5 Å². The van der Waals surface area contributed by atoms with E-state index in [-0.39, 0.29) is 6.04 Å². The molecule has 0 aliphatic rings. The predicted molar refractivity (Wildman–Crippen MR) is 92.7 cm³/mol. The van der Waals surface area contributed by atoms with E-state index < -0.39 is 11.7 Å². The number of aromatic nitrogens is 3. The van der Waals surface area contributed by atoms with Crippen molar-refractivity contribution in [1.29, 1.82) is 0 Å². The Kier molecular flexibility index (Phi) is 5.08. The lowest BCUT2D eigenvalue weighted by molar-refractivity contribution is -0.137. The number of halogens is 3. The van der Waals surface area contributed by atoms with Crippen molar-refractivity contribution in [2.75, 3.05) is 7.05 Å². The van der Waals surface area contributed by atoms with E-state index in [9.17, 15) is 13.2 Å². The first kappa shape index (κ1) is 18.1. The number of hydrogen-bond acceptors (Lipinski definition) is 3. The van der Waals surface area contributed by atoms with Crippen LogP contribution in [0, 0.1) is 0 Å². The smallest absolute Gasteiger partial charge is 0.295 e. The highest BCUT2D eigenvalue weighted by molar-refractivity contribution is 5.34. The van der Waals surface area contributed by atoms with Crippen LogP contribution in [0.3, 0.4) is 0 Å². The molecule has 136 valence electrons. The summed E-state index contributed by atoms with van der Waals surface area (Å²) < 4.78 is 40.2. The maximum atomic E-state index is 12.9. The van der Waals surface area contributed by atoms with E-state index in [4.69, 9.17) is 0 Å². The molecule has 0 saturated heterocycles. The molecule has 1 atom stereocenters. The molecule has 0 aliphatic heterocycles. The zero-order valence-electron chi connectivity index (χ0n) is 14.5. The van der Waals surface area contributed by atoms with Gasteiger partial charge in [-0.15, -0.1) is 0 Å². The largest absolute Gasteiger partial charge is 0.416 e. The minimum absolute atomic E-state index is 0.0503. The summed E-state index contributed by atoms with van der Waals surface area (Å²) in [6.45, 7) is 2.45. The molecular weight excluding hydrogens is 341 g/mol. The Hall–Kier alpha value is -2.67.